The van der Waals surface area contributed by atoms with Crippen LogP contribution in [0.1, 0.15) is 105 Å². The number of hydrogen-bond donors (Lipinski definition) is 3. The predicted molar refractivity (Wildman–Crippen MR) is 140 cm³/mol. The summed E-state index contributed by atoms with van der Waals surface area (Å²) in [4.78, 5) is 34.2. The summed E-state index contributed by atoms with van der Waals surface area (Å²) in [5.41, 5.74) is 0. The number of hydrogen-bond acceptors (Lipinski definition) is 3. The van der Waals surface area contributed by atoms with E-state index < -0.39 is 35.7 Å². The third kappa shape index (κ3) is 16.4. The second kappa shape index (κ2) is 19.3. The number of allylic oxidation sites excluding steroid dienone is 2. The molecule has 7 nitrogen and oxygen atoms in total. The van der Waals surface area contributed by atoms with Crippen molar-refractivity contribution in [1.29, 1.82) is 0 Å². The summed E-state index contributed by atoms with van der Waals surface area (Å²) in [5, 5.41) is 28.1. The van der Waals surface area contributed by atoms with E-state index in [9.17, 15) is 29.7 Å². The van der Waals surface area contributed by atoms with Gasteiger partial charge in [0.2, 0.25) is 0 Å². The Morgan fingerprint density at radius 3 is 1.34 bits per heavy atom. The van der Waals surface area contributed by atoms with Crippen LogP contribution in [0.15, 0.2) is 12.2 Å². The van der Waals surface area contributed by atoms with E-state index in [0.717, 1.165) is 32.2 Å². The fraction of sp³-hybridized carbons (Fsp3) is 0.821. The van der Waals surface area contributed by atoms with Gasteiger partial charge >= 0.3 is 17.9 Å². The van der Waals surface area contributed by atoms with E-state index in [1.807, 2.05) is 0 Å². The van der Waals surface area contributed by atoms with Crippen molar-refractivity contribution in [2.75, 3.05) is 26.2 Å². The van der Waals surface area contributed by atoms with Crippen LogP contribution in [0.3, 0.4) is 0 Å². The van der Waals surface area contributed by atoms with Crippen LogP contribution in [0.2, 0.25) is 0 Å². The Labute approximate surface area is 213 Å². The first-order valence-corrected chi connectivity index (χ1v) is 13.7. The highest BCUT2D eigenvalue weighted by Gasteiger charge is 2.31. The van der Waals surface area contributed by atoms with E-state index in [0.29, 0.717) is 43.4 Å². The zero-order valence-electron chi connectivity index (χ0n) is 22.7. The normalized spacial score (nSPS) is 16.0. The van der Waals surface area contributed by atoms with Crippen LogP contribution in [-0.4, -0.2) is 63.9 Å². The van der Waals surface area contributed by atoms with Crippen molar-refractivity contribution in [3.63, 3.8) is 0 Å². The van der Waals surface area contributed by atoms with Crippen molar-refractivity contribution in [3.05, 3.63) is 12.2 Å². The molecule has 3 atom stereocenters. The summed E-state index contributed by atoms with van der Waals surface area (Å²) in [5.74, 6) is -3.95. The van der Waals surface area contributed by atoms with Crippen molar-refractivity contribution < 1.29 is 34.2 Å². The van der Waals surface area contributed by atoms with Crippen LogP contribution in [-0.2, 0) is 14.4 Å². The SMILES string of the molecule is CCCCCCC/C=C/CCCC[N+](CCC(C)C(=O)O)(CCC(C)C(=O)O)CCC(C)C(=O)O. The standard InChI is InChI=1S/C28H51NO6/c1-5-6-7-8-9-10-11-12-13-14-15-19-29(20-16-23(2)26(30)31,21-17-24(3)27(32)33)22-18-25(4)28(34)35/h11-12,23-25H,5-10,13-22H2,1-4H3,(H2-,30,31,32,33,34,35)/p+1/b12-11+. The van der Waals surface area contributed by atoms with Gasteiger partial charge in [-0.25, -0.2) is 0 Å². The Morgan fingerprint density at radius 2 is 0.971 bits per heavy atom. The Balaban J connectivity index is 5.07. The number of unbranched alkanes of at least 4 members (excludes halogenated alkanes) is 7. The topological polar surface area (TPSA) is 112 Å². The molecule has 0 spiro atoms. The largest absolute Gasteiger partial charge is 0.481 e. The van der Waals surface area contributed by atoms with Crippen LogP contribution < -0.4 is 0 Å². The number of nitrogens with zero attached hydrogens (tertiary/aromatic N) is 1. The molecule has 0 aliphatic heterocycles. The Morgan fingerprint density at radius 1 is 0.600 bits per heavy atom. The molecule has 3 N–H and O–H groups in total. The molecule has 204 valence electrons. The van der Waals surface area contributed by atoms with Gasteiger partial charge in [0.25, 0.3) is 0 Å². The molecule has 0 rings (SSSR count). The number of quaternary nitrogens is 1. The van der Waals surface area contributed by atoms with Crippen molar-refractivity contribution in [3.8, 4) is 0 Å². The van der Waals surface area contributed by atoms with Gasteiger partial charge in [0, 0.05) is 19.3 Å². The zero-order chi connectivity index (χ0) is 26.7. The smallest absolute Gasteiger partial charge is 0.306 e. The summed E-state index contributed by atoms with van der Waals surface area (Å²) >= 11 is 0. The number of carboxylic acid groups (broad SMARTS) is 3. The highest BCUT2D eigenvalue weighted by molar-refractivity contribution is 5.70. The lowest BCUT2D eigenvalue weighted by Crippen LogP contribution is -2.52. The molecule has 0 saturated heterocycles. The molecule has 7 heteroatoms. The molecule has 3 unspecified atom stereocenters. The van der Waals surface area contributed by atoms with Crippen LogP contribution in [0.25, 0.3) is 0 Å². The lowest BCUT2D eigenvalue weighted by molar-refractivity contribution is -0.929. The van der Waals surface area contributed by atoms with E-state index in [2.05, 4.69) is 19.1 Å². The lowest BCUT2D eigenvalue weighted by Gasteiger charge is -2.40. The Hall–Kier alpha value is -1.89. The fourth-order valence-electron chi connectivity index (χ4n) is 4.25. The maximum Gasteiger partial charge on any atom is 0.306 e. The molecule has 0 saturated carbocycles. The average Bonchev–Trinajstić information content (AvgIpc) is 2.82. The maximum absolute atomic E-state index is 11.4. The monoisotopic (exact) mass is 498 g/mol. The van der Waals surface area contributed by atoms with Gasteiger partial charge in [-0.3, -0.25) is 14.4 Å². The minimum absolute atomic E-state index is 0.485. The molecular formula is C28H52NO6+. The molecule has 0 aromatic heterocycles. The molecule has 0 radical (unpaired) electrons. The van der Waals surface area contributed by atoms with E-state index >= 15 is 0 Å². The van der Waals surface area contributed by atoms with Gasteiger partial charge in [-0.2, -0.15) is 0 Å². The lowest BCUT2D eigenvalue weighted by atomic mass is 10.0. The second-order valence-electron chi connectivity index (χ2n) is 10.5. The minimum atomic E-state index is -0.833. The van der Waals surface area contributed by atoms with Crippen molar-refractivity contribution in [2.45, 2.75) is 105 Å². The number of rotatable bonds is 23. The van der Waals surface area contributed by atoms with Gasteiger partial charge in [-0.05, 0) is 32.1 Å². The molecule has 0 amide bonds. The average molecular weight is 499 g/mol. The molecule has 0 aromatic carbocycles. The van der Waals surface area contributed by atoms with Crippen LogP contribution in [0, 0.1) is 17.8 Å². The van der Waals surface area contributed by atoms with Gasteiger partial charge in [-0.1, -0.05) is 65.5 Å². The first-order chi connectivity index (χ1) is 16.5. The van der Waals surface area contributed by atoms with Gasteiger partial charge in [0.05, 0.1) is 43.9 Å². The van der Waals surface area contributed by atoms with Crippen molar-refractivity contribution >= 4 is 17.9 Å². The first kappa shape index (κ1) is 33.1. The molecule has 0 aliphatic rings. The van der Waals surface area contributed by atoms with Gasteiger partial charge in [0.15, 0.2) is 0 Å². The van der Waals surface area contributed by atoms with Gasteiger partial charge in [-0.15, -0.1) is 0 Å². The fourth-order valence-corrected chi connectivity index (χ4v) is 4.25. The molecule has 35 heavy (non-hydrogen) atoms. The van der Waals surface area contributed by atoms with Gasteiger partial charge in [0.1, 0.15) is 0 Å². The number of carboxylic acids is 3. The molecular weight excluding hydrogens is 446 g/mol. The van der Waals surface area contributed by atoms with Crippen molar-refractivity contribution in [2.24, 2.45) is 17.8 Å². The molecule has 0 aliphatic carbocycles. The summed E-state index contributed by atoms with van der Waals surface area (Å²) in [6, 6.07) is 0. The van der Waals surface area contributed by atoms with Crippen LogP contribution in [0.5, 0.6) is 0 Å². The predicted octanol–water partition coefficient (Wildman–Crippen LogP) is 6.22. The highest BCUT2D eigenvalue weighted by atomic mass is 16.4. The van der Waals surface area contributed by atoms with E-state index in [1.54, 1.807) is 20.8 Å². The minimum Gasteiger partial charge on any atom is -0.481 e. The van der Waals surface area contributed by atoms with Crippen LogP contribution >= 0.6 is 0 Å². The van der Waals surface area contributed by atoms with E-state index in [1.165, 1.54) is 32.1 Å². The first-order valence-electron chi connectivity index (χ1n) is 13.7. The van der Waals surface area contributed by atoms with Crippen molar-refractivity contribution in [1.82, 2.24) is 0 Å². The summed E-state index contributed by atoms with van der Waals surface area (Å²) in [6.07, 6.45) is 16.5. The number of aliphatic carboxylic acids is 3. The quantitative estimate of drug-likeness (QED) is 0.0875. The zero-order valence-corrected chi connectivity index (χ0v) is 22.7. The second-order valence-corrected chi connectivity index (χ2v) is 10.5. The molecule has 0 bridgehead atoms. The Bertz CT molecular complexity index is 573. The molecule has 0 heterocycles. The summed E-state index contributed by atoms with van der Waals surface area (Å²) < 4.78 is 0.591. The molecule has 0 aromatic rings. The summed E-state index contributed by atoms with van der Waals surface area (Å²) in [7, 11) is 0. The summed E-state index contributed by atoms with van der Waals surface area (Å²) in [6.45, 7) is 10.0. The van der Waals surface area contributed by atoms with Crippen LogP contribution in [0.4, 0.5) is 0 Å². The van der Waals surface area contributed by atoms with E-state index in [-0.39, 0.29) is 0 Å². The third-order valence-corrected chi connectivity index (χ3v) is 7.27. The highest BCUT2D eigenvalue weighted by Crippen LogP contribution is 2.21. The van der Waals surface area contributed by atoms with E-state index in [4.69, 9.17) is 0 Å². The Kier molecular flexibility index (Phi) is 18.3. The third-order valence-electron chi connectivity index (χ3n) is 7.27. The number of carbonyl (C=O) groups is 3. The molecule has 0 fully saturated rings. The van der Waals surface area contributed by atoms with Gasteiger partial charge < -0.3 is 19.8 Å². The maximum atomic E-state index is 11.4.